The predicted octanol–water partition coefficient (Wildman–Crippen LogP) is 6.20. The van der Waals surface area contributed by atoms with E-state index in [1.807, 2.05) is 30.9 Å². The van der Waals surface area contributed by atoms with Crippen molar-refractivity contribution >= 4 is 5.95 Å². The van der Waals surface area contributed by atoms with Crippen molar-refractivity contribution in [2.45, 2.75) is 70.1 Å². The lowest BCUT2D eigenvalue weighted by Crippen LogP contribution is -2.26. The average molecular weight is 589 g/mol. The first-order chi connectivity index (χ1) is 20.7. The Hall–Kier alpha value is -4.53. The van der Waals surface area contributed by atoms with Gasteiger partial charge in [-0.3, -0.25) is 0 Å². The summed E-state index contributed by atoms with van der Waals surface area (Å²) < 4.78 is 47.3. The first-order valence-corrected chi connectivity index (χ1v) is 14.2. The van der Waals surface area contributed by atoms with Crippen LogP contribution in [0, 0.1) is 12.3 Å². The number of imidazole rings is 1. The van der Waals surface area contributed by atoms with Gasteiger partial charge in [-0.15, -0.1) is 6.42 Å². The number of anilines is 1. The third kappa shape index (κ3) is 6.02. The Labute approximate surface area is 247 Å². The lowest BCUT2D eigenvalue weighted by atomic mass is 10.1. The Morgan fingerprint density at radius 2 is 1.74 bits per heavy atom. The summed E-state index contributed by atoms with van der Waals surface area (Å²) >= 11 is 0. The molecule has 12 heteroatoms. The number of alkyl halides is 3. The van der Waals surface area contributed by atoms with Gasteiger partial charge in [-0.1, -0.05) is 30.2 Å². The van der Waals surface area contributed by atoms with E-state index in [9.17, 15) is 13.2 Å². The van der Waals surface area contributed by atoms with Gasteiger partial charge in [0.2, 0.25) is 11.8 Å². The fourth-order valence-electron chi connectivity index (χ4n) is 5.00. The summed E-state index contributed by atoms with van der Waals surface area (Å²) in [6.45, 7) is 4.25. The van der Waals surface area contributed by atoms with Crippen LogP contribution in [0.2, 0.25) is 0 Å². The van der Waals surface area contributed by atoms with Crippen molar-refractivity contribution in [1.29, 1.82) is 0 Å². The molecule has 1 aromatic carbocycles. The van der Waals surface area contributed by atoms with Gasteiger partial charge >= 0.3 is 6.18 Å². The molecule has 0 atom stereocenters. The summed E-state index contributed by atoms with van der Waals surface area (Å²) in [6.07, 6.45) is 7.88. The Balaban J connectivity index is 1.34. The molecule has 6 rings (SSSR count). The van der Waals surface area contributed by atoms with Crippen molar-refractivity contribution in [2.24, 2.45) is 0 Å². The minimum Gasteiger partial charge on any atom is -0.480 e. The van der Waals surface area contributed by atoms with E-state index in [4.69, 9.17) is 26.1 Å². The molecule has 0 aliphatic heterocycles. The molecule has 0 spiro atoms. The summed E-state index contributed by atoms with van der Waals surface area (Å²) in [4.78, 5) is 29.2. The largest absolute Gasteiger partial charge is 0.480 e. The fourth-order valence-corrected chi connectivity index (χ4v) is 5.00. The highest BCUT2D eigenvalue weighted by Gasteiger charge is 2.36. The SMILES string of the molecule is C#CCN(Cc1ccc(-c2nc(C(F)(F)F)cn2C(C)C)cc1)c1nc(-c2c(OC)ncnc2C2CC2)nc(C2CC2)n1. The number of nitrogens with zero attached hydrogens (tertiary/aromatic N) is 8. The second-order valence-corrected chi connectivity index (χ2v) is 11.2. The molecule has 0 amide bonds. The molecule has 2 aliphatic rings. The zero-order valence-corrected chi connectivity index (χ0v) is 24.1. The minimum atomic E-state index is -4.53. The standard InChI is InChI=1S/C31H31F3N8O/c1-5-14-41(15-19-6-8-22(9-7-19)28-37-23(31(32,33)34)16-42(28)18(2)3)30-39-26(21-12-13-21)38-27(40-30)24-25(20-10-11-20)35-17-36-29(24)43-4/h1,6-9,16-18,20-21H,10-15H2,2-4H3. The molecule has 2 fully saturated rings. The van der Waals surface area contributed by atoms with E-state index in [1.54, 1.807) is 19.2 Å². The number of hydrogen-bond acceptors (Lipinski definition) is 8. The van der Waals surface area contributed by atoms with E-state index in [0.717, 1.165) is 43.1 Å². The van der Waals surface area contributed by atoms with E-state index in [1.165, 1.54) is 10.9 Å². The van der Waals surface area contributed by atoms with Crippen molar-refractivity contribution in [3.63, 3.8) is 0 Å². The van der Waals surface area contributed by atoms with Crippen molar-refractivity contribution in [2.75, 3.05) is 18.6 Å². The quantitative estimate of drug-likeness (QED) is 0.202. The molecule has 3 aromatic heterocycles. The van der Waals surface area contributed by atoms with E-state index < -0.39 is 11.9 Å². The highest BCUT2D eigenvalue weighted by atomic mass is 19.4. The third-order valence-corrected chi connectivity index (χ3v) is 7.54. The van der Waals surface area contributed by atoms with Gasteiger partial charge in [0.1, 0.15) is 23.5 Å². The van der Waals surface area contributed by atoms with E-state index in [2.05, 4.69) is 20.9 Å². The van der Waals surface area contributed by atoms with Crippen LogP contribution < -0.4 is 9.64 Å². The summed E-state index contributed by atoms with van der Waals surface area (Å²) in [6, 6.07) is 7.06. The lowest BCUT2D eigenvalue weighted by molar-refractivity contribution is -0.140. The van der Waals surface area contributed by atoms with Crippen LogP contribution in [0.1, 0.15) is 80.2 Å². The predicted molar refractivity (Wildman–Crippen MR) is 154 cm³/mol. The Morgan fingerprint density at radius 1 is 1.02 bits per heavy atom. The fraction of sp³-hybridized carbons (Fsp3) is 0.419. The summed E-state index contributed by atoms with van der Waals surface area (Å²) in [5.74, 6) is 5.55. The molecular weight excluding hydrogens is 557 g/mol. The number of ether oxygens (including phenoxy) is 1. The molecule has 43 heavy (non-hydrogen) atoms. The third-order valence-electron chi connectivity index (χ3n) is 7.54. The molecule has 0 radical (unpaired) electrons. The number of hydrogen-bond donors (Lipinski definition) is 0. The normalized spacial score (nSPS) is 15.0. The molecule has 2 aliphatic carbocycles. The van der Waals surface area contributed by atoms with Gasteiger partial charge in [-0.05, 0) is 45.1 Å². The van der Waals surface area contributed by atoms with Crippen molar-refractivity contribution in [3.8, 4) is 41.0 Å². The molecule has 0 saturated heterocycles. The highest BCUT2D eigenvalue weighted by Crippen LogP contribution is 2.46. The number of halogens is 3. The van der Waals surface area contributed by atoms with Crippen LogP contribution in [0.25, 0.3) is 22.8 Å². The van der Waals surface area contributed by atoms with Gasteiger partial charge in [0.15, 0.2) is 11.5 Å². The van der Waals surface area contributed by atoms with Crippen LogP contribution in [0.5, 0.6) is 5.88 Å². The maximum Gasteiger partial charge on any atom is 0.434 e. The van der Waals surface area contributed by atoms with Gasteiger partial charge in [-0.25, -0.2) is 19.9 Å². The molecule has 0 N–H and O–H groups in total. The van der Waals surface area contributed by atoms with Crippen LogP contribution >= 0.6 is 0 Å². The maximum absolute atomic E-state index is 13.4. The van der Waals surface area contributed by atoms with E-state index >= 15 is 0 Å². The zero-order valence-electron chi connectivity index (χ0n) is 24.1. The van der Waals surface area contributed by atoms with Gasteiger partial charge in [0, 0.05) is 36.2 Å². The Morgan fingerprint density at radius 3 is 2.35 bits per heavy atom. The summed E-state index contributed by atoms with van der Waals surface area (Å²) in [5, 5.41) is 0. The molecule has 0 bridgehead atoms. The minimum absolute atomic E-state index is 0.197. The molecular formula is C31H31F3N8O. The Kier molecular flexibility index (Phi) is 7.50. The van der Waals surface area contributed by atoms with E-state index in [-0.39, 0.29) is 24.3 Å². The van der Waals surface area contributed by atoms with Crippen molar-refractivity contribution < 1.29 is 17.9 Å². The second-order valence-electron chi connectivity index (χ2n) is 11.2. The molecule has 222 valence electrons. The topological polar surface area (TPSA) is 94.7 Å². The highest BCUT2D eigenvalue weighted by molar-refractivity contribution is 5.67. The molecule has 4 aromatic rings. The van der Waals surface area contributed by atoms with Crippen molar-refractivity contribution in [3.05, 3.63) is 59.6 Å². The first-order valence-electron chi connectivity index (χ1n) is 14.2. The smallest absolute Gasteiger partial charge is 0.434 e. The van der Waals surface area contributed by atoms with Gasteiger partial charge in [0.05, 0.1) is 19.3 Å². The molecule has 2 saturated carbocycles. The molecule has 0 unspecified atom stereocenters. The van der Waals surface area contributed by atoms with Crippen LogP contribution in [-0.2, 0) is 12.7 Å². The van der Waals surface area contributed by atoms with Crippen LogP contribution in [-0.4, -0.2) is 48.1 Å². The maximum atomic E-state index is 13.4. The second kappa shape index (κ2) is 11.3. The van der Waals surface area contributed by atoms with Gasteiger partial charge in [-0.2, -0.15) is 23.1 Å². The number of methoxy groups -OCH3 is 1. The number of terminal acetylenes is 1. The van der Waals surface area contributed by atoms with Gasteiger partial charge in [0.25, 0.3) is 0 Å². The number of rotatable bonds is 10. The van der Waals surface area contributed by atoms with Crippen LogP contribution in [0.3, 0.4) is 0 Å². The van der Waals surface area contributed by atoms with Crippen LogP contribution in [0.15, 0.2) is 36.8 Å². The summed E-state index contributed by atoms with van der Waals surface area (Å²) in [5.41, 5.74) is 2.11. The first kappa shape index (κ1) is 28.6. The number of benzene rings is 1. The van der Waals surface area contributed by atoms with Crippen molar-refractivity contribution in [1.82, 2.24) is 34.5 Å². The summed E-state index contributed by atoms with van der Waals surface area (Å²) in [7, 11) is 1.57. The molecule has 3 heterocycles. The monoisotopic (exact) mass is 588 g/mol. The zero-order chi connectivity index (χ0) is 30.3. The van der Waals surface area contributed by atoms with Gasteiger partial charge < -0.3 is 14.2 Å². The van der Waals surface area contributed by atoms with Crippen LogP contribution in [0.4, 0.5) is 19.1 Å². The average Bonchev–Trinajstić information content (AvgIpc) is 3.93. The Bertz CT molecular complexity index is 1670. The number of aromatic nitrogens is 7. The van der Waals surface area contributed by atoms with E-state index in [0.29, 0.717) is 47.1 Å². The molecule has 9 nitrogen and oxygen atoms in total. The lowest BCUT2D eigenvalue weighted by Gasteiger charge is -2.22.